The van der Waals surface area contributed by atoms with Gasteiger partial charge in [0, 0.05) is 44.5 Å². The van der Waals surface area contributed by atoms with Gasteiger partial charge >= 0.3 is 0 Å². The normalized spacial score (nSPS) is 16.0. The lowest BCUT2D eigenvalue weighted by molar-refractivity contribution is 0.407. The molecular weight excluding hydrogens is 312 g/mol. The smallest absolute Gasteiger partial charge is 0.132 e. The van der Waals surface area contributed by atoms with Gasteiger partial charge < -0.3 is 10.2 Å². The van der Waals surface area contributed by atoms with Crippen molar-refractivity contribution in [3.05, 3.63) is 35.0 Å². The van der Waals surface area contributed by atoms with Crippen molar-refractivity contribution in [2.24, 2.45) is 7.05 Å². The monoisotopic (exact) mass is 334 g/mol. The van der Waals surface area contributed by atoms with E-state index in [4.69, 9.17) is 11.6 Å². The molecule has 0 aliphatic carbocycles. The number of piperidine rings is 1. The first-order valence-corrected chi connectivity index (χ1v) is 8.50. The van der Waals surface area contributed by atoms with Crippen LogP contribution in [0.1, 0.15) is 31.2 Å². The van der Waals surface area contributed by atoms with E-state index in [2.05, 4.69) is 38.3 Å². The van der Waals surface area contributed by atoms with Crippen LogP contribution in [0.5, 0.6) is 0 Å². The van der Waals surface area contributed by atoms with Crippen LogP contribution in [0.3, 0.4) is 0 Å². The summed E-state index contributed by atoms with van der Waals surface area (Å²) in [5, 5.41) is 8.49. The van der Waals surface area contributed by atoms with Crippen LogP contribution in [0.25, 0.3) is 0 Å². The van der Waals surface area contributed by atoms with Gasteiger partial charge in [-0.1, -0.05) is 18.5 Å². The Hall–Kier alpha value is -1.66. The van der Waals surface area contributed by atoms with E-state index in [9.17, 15) is 0 Å². The number of hydrogen-bond acceptors (Lipinski definition) is 5. The Balaban J connectivity index is 1.52. The molecule has 1 N–H and O–H groups in total. The quantitative estimate of drug-likeness (QED) is 0.908. The molecule has 0 amide bonds. The van der Waals surface area contributed by atoms with E-state index in [-0.39, 0.29) is 0 Å². The van der Waals surface area contributed by atoms with Gasteiger partial charge in [0.25, 0.3) is 0 Å². The van der Waals surface area contributed by atoms with E-state index < -0.39 is 0 Å². The van der Waals surface area contributed by atoms with Crippen LogP contribution in [0.2, 0.25) is 5.02 Å². The van der Waals surface area contributed by atoms with Crippen LogP contribution in [0.4, 0.5) is 5.82 Å². The van der Waals surface area contributed by atoms with Gasteiger partial charge in [0.2, 0.25) is 0 Å². The van der Waals surface area contributed by atoms with Gasteiger partial charge in [0.05, 0.1) is 16.9 Å². The number of halogens is 1. The van der Waals surface area contributed by atoms with E-state index in [0.717, 1.165) is 61.1 Å². The van der Waals surface area contributed by atoms with Crippen molar-refractivity contribution >= 4 is 17.4 Å². The van der Waals surface area contributed by atoms with Crippen molar-refractivity contribution in [3.63, 3.8) is 0 Å². The molecule has 0 spiro atoms. The second kappa shape index (κ2) is 7.27. The summed E-state index contributed by atoms with van der Waals surface area (Å²) in [6.07, 6.45) is 6.51. The van der Waals surface area contributed by atoms with E-state index in [1.807, 2.05) is 11.7 Å². The summed E-state index contributed by atoms with van der Waals surface area (Å²) in [6.45, 7) is 4.90. The molecule has 0 radical (unpaired) electrons. The maximum absolute atomic E-state index is 6.15. The highest BCUT2D eigenvalue weighted by Gasteiger charge is 2.20. The lowest BCUT2D eigenvalue weighted by Crippen LogP contribution is -2.42. The first-order chi connectivity index (χ1) is 11.2. The van der Waals surface area contributed by atoms with Gasteiger partial charge in [-0.2, -0.15) is 5.10 Å². The molecule has 0 aromatic carbocycles. The minimum absolute atomic E-state index is 0.504. The SMILES string of the molecule is CCc1cc(N2CCC(NCc3c(Cl)cnn3C)CC2)ncn1. The van der Waals surface area contributed by atoms with Gasteiger partial charge in [-0.25, -0.2) is 9.97 Å². The molecule has 1 fully saturated rings. The maximum Gasteiger partial charge on any atom is 0.132 e. The largest absolute Gasteiger partial charge is 0.356 e. The zero-order valence-corrected chi connectivity index (χ0v) is 14.4. The summed E-state index contributed by atoms with van der Waals surface area (Å²) in [6, 6.07) is 2.60. The lowest BCUT2D eigenvalue weighted by Gasteiger charge is -2.33. The molecule has 3 heterocycles. The number of aromatic nitrogens is 4. The summed E-state index contributed by atoms with van der Waals surface area (Å²) >= 11 is 6.15. The second-order valence-corrected chi connectivity index (χ2v) is 6.33. The third-order valence-corrected chi connectivity index (χ3v) is 4.77. The van der Waals surface area contributed by atoms with E-state index in [1.54, 1.807) is 12.5 Å². The molecule has 23 heavy (non-hydrogen) atoms. The van der Waals surface area contributed by atoms with Gasteiger partial charge in [-0.05, 0) is 19.3 Å². The Morgan fingerprint density at radius 3 is 2.74 bits per heavy atom. The molecule has 2 aromatic rings. The fourth-order valence-corrected chi connectivity index (χ4v) is 3.17. The molecule has 7 heteroatoms. The predicted octanol–water partition coefficient (Wildman–Crippen LogP) is 2.18. The first-order valence-electron chi connectivity index (χ1n) is 8.13. The minimum Gasteiger partial charge on any atom is -0.356 e. The molecule has 0 bridgehead atoms. The van der Waals surface area contributed by atoms with Crippen molar-refractivity contribution in [3.8, 4) is 0 Å². The van der Waals surface area contributed by atoms with Crippen molar-refractivity contribution in [1.82, 2.24) is 25.1 Å². The number of hydrogen-bond donors (Lipinski definition) is 1. The first kappa shape index (κ1) is 16.2. The van der Waals surface area contributed by atoms with E-state index in [0.29, 0.717) is 6.04 Å². The fraction of sp³-hybridized carbons (Fsp3) is 0.562. The van der Waals surface area contributed by atoms with Crippen molar-refractivity contribution in [2.75, 3.05) is 18.0 Å². The molecule has 6 nitrogen and oxygen atoms in total. The van der Waals surface area contributed by atoms with Crippen molar-refractivity contribution in [1.29, 1.82) is 0 Å². The van der Waals surface area contributed by atoms with Gasteiger partial charge in [-0.15, -0.1) is 0 Å². The molecule has 2 aromatic heterocycles. The third kappa shape index (κ3) is 3.82. The third-order valence-electron chi connectivity index (χ3n) is 4.46. The highest BCUT2D eigenvalue weighted by Crippen LogP contribution is 2.19. The fourth-order valence-electron chi connectivity index (χ4n) is 2.94. The molecule has 1 saturated heterocycles. The van der Waals surface area contributed by atoms with Gasteiger partial charge in [0.15, 0.2) is 0 Å². The molecular formula is C16H23ClN6. The highest BCUT2D eigenvalue weighted by atomic mass is 35.5. The van der Waals surface area contributed by atoms with Crippen LogP contribution in [-0.4, -0.2) is 38.9 Å². The topological polar surface area (TPSA) is 58.9 Å². The maximum atomic E-state index is 6.15. The number of nitrogens with one attached hydrogen (secondary N) is 1. The summed E-state index contributed by atoms with van der Waals surface area (Å²) in [4.78, 5) is 11.0. The lowest BCUT2D eigenvalue weighted by atomic mass is 10.0. The number of anilines is 1. The van der Waals surface area contributed by atoms with Crippen LogP contribution in [0, 0.1) is 0 Å². The van der Waals surface area contributed by atoms with Crippen LogP contribution in [-0.2, 0) is 20.0 Å². The highest BCUT2D eigenvalue weighted by molar-refractivity contribution is 6.31. The van der Waals surface area contributed by atoms with Crippen molar-refractivity contribution < 1.29 is 0 Å². The van der Waals surface area contributed by atoms with Gasteiger partial charge in [-0.3, -0.25) is 4.68 Å². The average molecular weight is 335 g/mol. The van der Waals surface area contributed by atoms with Crippen LogP contribution < -0.4 is 10.2 Å². The molecule has 0 unspecified atom stereocenters. The molecule has 124 valence electrons. The number of nitrogens with zero attached hydrogens (tertiary/aromatic N) is 5. The predicted molar refractivity (Wildman–Crippen MR) is 91.7 cm³/mol. The molecule has 0 atom stereocenters. The van der Waals surface area contributed by atoms with Crippen LogP contribution in [0.15, 0.2) is 18.6 Å². The zero-order valence-electron chi connectivity index (χ0n) is 13.7. The van der Waals surface area contributed by atoms with Crippen LogP contribution >= 0.6 is 11.6 Å². The van der Waals surface area contributed by atoms with Gasteiger partial charge in [0.1, 0.15) is 12.1 Å². The Morgan fingerprint density at radius 1 is 1.30 bits per heavy atom. The zero-order chi connectivity index (χ0) is 16.2. The molecule has 3 rings (SSSR count). The summed E-state index contributed by atoms with van der Waals surface area (Å²) in [5.74, 6) is 1.05. The Labute approximate surface area is 141 Å². The Bertz CT molecular complexity index is 628. The van der Waals surface area contributed by atoms with E-state index >= 15 is 0 Å². The summed E-state index contributed by atoms with van der Waals surface area (Å²) < 4.78 is 1.83. The second-order valence-electron chi connectivity index (χ2n) is 5.93. The average Bonchev–Trinajstić information content (AvgIpc) is 2.92. The van der Waals surface area contributed by atoms with E-state index in [1.165, 1.54) is 0 Å². The number of aryl methyl sites for hydroxylation is 2. The standard InChI is InChI=1S/C16H23ClN6/c1-3-12-8-16(20-11-19-12)23-6-4-13(5-7-23)18-10-15-14(17)9-21-22(15)2/h8-9,11,13,18H,3-7,10H2,1-2H3. The molecule has 0 saturated carbocycles. The Kier molecular flexibility index (Phi) is 5.13. The summed E-state index contributed by atoms with van der Waals surface area (Å²) in [5.41, 5.74) is 2.14. The molecule has 1 aliphatic rings. The summed E-state index contributed by atoms with van der Waals surface area (Å²) in [7, 11) is 1.92. The Morgan fingerprint density at radius 2 is 2.09 bits per heavy atom. The van der Waals surface area contributed by atoms with Crippen molar-refractivity contribution in [2.45, 2.75) is 38.8 Å². The number of rotatable bonds is 5. The minimum atomic E-state index is 0.504. The molecule has 1 aliphatic heterocycles.